The van der Waals surface area contributed by atoms with Crippen LogP contribution in [0.3, 0.4) is 0 Å². The average Bonchev–Trinajstić information content (AvgIpc) is 3.25. The number of urea groups is 1. The Morgan fingerprint density at radius 3 is 3.14 bits per heavy atom. The number of hydrogen-bond donors (Lipinski definition) is 1. The van der Waals surface area contributed by atoms with E-state index in [1.54, 1.807) is 22.7 Å². The van der Waals surface area contributed by atoms with Gasteiger partial charge in [0.2, 0.25) is 0 Å². The van der Waals surface area contributed by atoms with Crippen LogP contribution < -0.4 is 5.32 Å². The van der Waals surface area contributed by atoms with Crippen LogP contribution in [-0.2, 0) is 4.74 Å². The van der Waals surface area contributed by atoms with Gasteiger partial charge in [-0.1, -0.05) is 13.0 Å². The first-order chi connectivity index (χ1) is 10.7. The van der Waals surface area contributed by atoms with Crippen LogP contribution in [0, 0.1) is 0 Å². The highest BCUT2D eigenvalue weighted by molar-refractivity contribution is 7.10. The van der Waals surface area contributed by atoms with Crippen molar-refractivity contribution in [1.29, 1.82) is 0 Å². The molecule has 0 spiro atoms. The smallest absolute Gasteiger partial charge is 0.317 e. The van der Waals surface area contributed by atoms with E-state index >= 15 is 0 Å². The van der Waals surface area contributed by atoms with Gasteiger partial charge >= 0.3 is 6.03 Å². The summed E-state index contributed by atoms with van der Waals surface area (Å²) in [4.78, 5) is 15.4. The molecule has 1 saturated heterocycles. The molecule has 0 radical (unpaired) electrons. The molecule has 1 fully saturated rings. The van der Waals surface area contributed by atoms with Gasteiger partial charge in [-0.05, 0) is 39.8 Å². The van der Waals surface area contributed by atoms with Crippen molar-refractivity contribution < 1.29 is 9.53 Å². The molecule has 3 heterocycles. The normalized spacial score (nSPS) is 19.9. The van der Waals surface area contributed by atoms with Gasteiger partial charge < -0.3 is 15.0 Å². The third-order valence-electron chi connectivity index (χ3n) is 3.89. The Balaban J connectivity index is 1.51. The second-order valence-electron chi connectivity index (χ2n) is 5.46. The molecule has 1 aliphatic rings. The van der Waals surface area contributed by atoms with Crippen molar-refractivity contribution in [3.8, 4) is 0 Å². The van der Waals surface area contributed by atoms with Gasteiger partial charge in [0.05, 0.1) is 13.2 Å². The van der Waals surface area contributed by atoms with E-state index in [9.17, 15) is 4.79 Å². The van der Waals surface area contributed by atoms with Crippen LogP contribution in [0.5, 0.6) is 0 Å². The maximum Gasteiger partial charge on any atom is 0.317 e. The fourth-order valence-corrected chi connectivity index (χ4v) is 4.05. The molecule has 2 aromatic heterocycles. The Morgan fingerprint density at radius 2 is 2.41 bits per heavy atom. The lowest BCUT2D eigenvalue weighted by Gasteiger charge is -2.32. The van der Waals surface area contributed by atoms with Crippen molar-refractivity contribution >= 4 is 28.7 Å². The summed E-state index contributed by atoms with van der Waals surface area (Å²) >= 11 is 3.37. The number of ether oxygens (including phenoxy) is 1. The minimum atomic E-state index is 0.00642. The third kappa shape index (κ3) is 3.69. The lowest BCUT2D eigenvalue weighted by Crippen LogP contribution is -2.47. The highest BCUT2D eigenvalue weighted by Crippen LogP contribution is 2.26. The van der Waals surface area contributed by atoms with E-state index in [1.165, 1.54) is 10.4 Å². The van der Waals surface area contributed by atoms with Gasteiger partial charge in [0.25, 0.3) is 0 Å². The highest BCUT2D eigenvalue weighted by Gasteiger charge is 2.26. The van der Waals surface area contributed by atoms with E-state index in [0.717, 1.165) is 0 Å². The maximum absolute atomic E-state index is 12.4. The van der Waals surface area contributed by atoms with Crippen molar-refractivity contribution in [2.75, 3.05) is 26.2 Å². The summed E-state index contributed by atoms with van der Waals surface area (Å²) in [5.41, 5.74) is 1.28. The summed E-state index contributed by atoms with van der Waals surface area (Å²) in [5.74, 6) is 0.337. The molecule has 0 saturated carbocycles. The molecule has 0 bridgehead atoms. The third-order valence-corrected chi connectivity index (χ3v) is 5.55. The van der Waals surface area contributed by atoms with Gasteiger partial charge in [-0.2, -0.15) is 11.3 Å². The van der Waals surface area contributed by atoms with E-state index in [0.29, 0.717) is 32.2 Å². The first kappa shape index (κ1) is 15.5. The summed E-state index contributed by atoms with van der Waals surface area (Å²) in [5, 5.41) is 9.30. The van der Waals surface area contributed by atoms with E-state index < -0.39 is 0 Å². The van der Waals surface area contributed by atoms with Gasteiger partial charge in [0, 0.05) is 18.0 Å². The summed E-state index contributed by atoms with van der Waals surface area (Å²) < 4.78 is 5.78. The molecule has 4 nitrogen and oxygen atoms in total. The monoisotopic (exact) mass is 336 g/mol. The van der Waals surface area contributed by atoms with Gasteiger partial charge in [0.1, 0.15) is 6.10 Å². The van der Waals surface area contributed by atoms with Gasteiger partial charge in [-0.15, -0.1) is 11.3 Å². The van der Waals surface area contributed by atoms with Crippen LogP contribution in [0.25, 0.3) is 0 Å². The van der Waals surface area contributed by atoms with E-state index in [1.807, 2.05) is 16.3 Å². The molecule has 6 heteroatoms. The number of nitrogens with zero attached hydrogens (tertiary/aromatic N) is 1. The molecular weight excluding hydrogens is 316 g/mol. The van der Waals surface area contributed by atoms with Crippen molar-refractivity contribution in [2.24, 2.45) is 0 Å². The predicted molar refractivity (Wildman–Crippen MR) is 90.7 cm³/mol. The Hall–Kier alpha value is -1.37. The molecule has 2 amide bonds. The van der Waals surface area contributed by atoms with Crippen molar-refractivity contribution in [1.82, 2.24) is 10.2 Å². The molecule has 3 rings (SSSR count). The van der Waals surface area contributed by atoms with Gasteiger partial charge in [-0.3, -0.25) is 0 Å². The zero-order valence-electron chi connectivity index (χ0n) is 12.5. The number of rotatable bonds is 4. The SMILES string of the molecule is C[C@@H](CNC(=O)N1CCO[C@@H](c2cccs2)C1)c1ccsc1. The molecule has 2 atom stereocenters. The minimum Gasteiger partial charge on any atom is -0.369 e. The number of thiophene rings is 2. The number of nitrogens with one attached hydrogen (secondary N) is 1. The second-order valence-corrected chi connectivity index (χ2v) is 7.22. The zero-order valence-corrected chi connectivity index (χ0v) is 14.2. The molecular formula is C16H20N2O2S2. The van der Waals surface area contributed by atoms with Crippen LogP contribution in [0.4, 0.5) is 4.79 Å². The second kappa shape index (κ2) is 7.26. The van der Waals surface area contributed by atoms with Crippen LogP contribution in [0.1, 0.15) is 29.4 Å². The highest BCUT2D eigenvalue weighted by atomic mass is 32.1. The molecule has 1 aliphatic heterocycles. The number of carbonyl (C=O) groups is 1. The Morgan fingerprint density at radius 1 is 1.50 bits per heavy atom. The van der Waals surface area contributed by atoms with Crippen molar-refractivity contribution in [3.63, 3.8) is 0 Å². The topological polar surface area (TPSA) is 41.6 Å². The quantitative estimate of drug-likeness (QED) is 0.925. The first-order valence-corrected chi connectivity index (χ1v) is 9.26. The molecule has 118 valence electrons. The van der Waals surface area contributed by atoms with Gasteiger partial charge in [0.15, 0.2) is 0 Å². The van der Waals surface area contributed by atoms with Gasteiger partial charge in [-0.25, -0.2) is 4.79 Å². The molecule has 0 aromatic carbocycles. The molecule has 0 aliphatic carbocycles. The fraction of sp³-hybridized carbons (Fsp3) is 0.438. The Kier molecular flexibility index (Phi) is 5.12. The maximum atomic E-state index is 12.4. The molecule has 22 heavy (non-hydrogen) atoms. The lowest BCUT2D eigenvalue weighted by molar-refractivity contribution is -0.0135. The molecule has 2 aromatic rings. The molecule has 0 unspecified atom stereocenters. The van der Waals surface area contributed by atoms with E-state index in [2.05, 4.69) is 35.1 Å². The number of carbonyl (C=O) groups excluding carboxylic acids is 1. The number of morpholine rings is 1. The standard InChI is InChI=1S/C16H20N2O2S2/c1-12(13-4-8-21-11-13)9-17-16(19)18-5-6-20-14(10-18)15-3-2-7-22-15/h2-4,7-8,11-12,14H,5-6,9-10H2,1H3,(H,17,19)/t12-,14+/m0/s1. The van der Waals surface area contributed by atoms with Crippen LogP contribution >= 0.6 is 22.7 Å². The van der Waals surface area contributed by atoms with Crippen molar-refractivity contribution in [2.45, 2.75) is 18.9 Å². The predicted octanol–water partition coefficient (Wildman–Crippen LogP) is 3.70. The average molecular weight is 336 g/mol. The fourth-order valence-electron chi connectivity index (χ4n) is 2.51. The first-order valence-electron chi connectivity index (χ1n) is 7.44. The number of hydrogen-bond acceptors (Lipinski definition) is 4. The molecule has 1 N–H and O–H groups in total. The summed E-state index contributed by atoms with van der Waals surface area (Å²) in [6.07, 6.45) is 0.00815. The van der Waals surface area contributed by atoms with E-state index in [-0.39, 0.29) is 12.1 Å². The summed E-state index contributed by atoms with van der Waals surface area (Å²) in [6, 6.07) is 6.20. The Labute approximate surface area is 138 Å². The minimum absolute atomic E-state index is 0.00642. The summed E-state index contributed by atoms with van der Waals surface area (Å²) in [6.45, 7) is 4.67. The van der Waals surface area contributed by atoms with Crippen LogP contribution in [-0.4, -0.2) is 37.2 Å². The van der Waals surface area contributed by atoms with Crippen molar-refractivity contribution in [3.05, 3.63) is 44.8 Å². The lowest BCUT2D eigenvalue weighted by atomic mass is 10.1. The largest absolute Gasteiger partial charge is 0.369 e. The number of amides is 2. The van der Waals surface area contributed by atoms with E-state index in [4.69, 9.17) is 4.74 Å². The van der Waals surface area contributed by atoms with Crippen LogP contribution in [0.2, 0.25) is 0 Å². The zero-order chi connectivity index (χ0) is 15.4. The summed E-state index contributed by atoms with van der Waals surface area (Å²) in [7, 11) is 0. The Bertz CT molecular complexity index is 583. The van der Waals surface area contributed by atoms with Crippen LogP contribution in [0.15, 0.2) is 34.3 Å².